The van der Waals surface area contributed by atoms with Crippen LogP contribution in [-0.2, 0) is 0 Å². The van der Waals surface area contributed by atoms with Gasteiger partial charge in [0.05, 0.1) is 17.4 Å². The number of pyridine rings is 1. The second kappa shape index (κ2) is 4.25. The van der Waals surface area contributed by atoms with Gasteiger partial charge in [-0.05, 0) is 24.3 Å². The van der Waals surface area contributed by atoms with Gasteiger partial charge >= 0.3 is 0 Å². The number of anilines is 2. The molecule has 1 aromatic rings. The van der Waals surface area contributed by atoms with Crippen LogP contribution in [0.5, 0.6) is 0 Å². The number of hydrogen-bond acceptors (Lipinski definition) is 4. The molecule has 2 rings (SSSR count). The summed E-state index contributed by atoms with van der Waals surface area (Å²) < 4.78 is 0. The Bertz CT molecular complexity index is 459. The molecule has 0 bridgehead atoms. The van der Waals surface area contributed by atoms with E-state index in [1.807, 2.05) is 0 Å². The van der Waals surface area contributed by atoms with Crippen LogP contribution >= 0.6 is 0 Å². The van der Waals surface area contributed by atoms with Crippen LogP contribution in [0, 0.1) is 16.7 Å². The smallest absolute Gasteiger partial charge is 0.146 e. The van der Waals surface area contributed by atoms with Gasteiger partial charge in [-0.15, -0.1) is 0 Å². The summed E-state index contributed by atoms with van der Waals surface area (Å²) >= 11 is 0. The first-order valence-electron chi connectivity index (χ1n) is 5.92. The van der Waals surface area contributed by atoms with Crippen molar-refractivity contribution in [2.45, 2.75) is 26.7 Å². The summed E-state index contributed by atoms with van der Waals surface area (Å²) in [5.41, 5.74) is 7.05. The largest absolute Gasteiger partial charge is 0.397 e. The van der Waals surface area contributed by atoms with Crippen molar-refractivity contribution in [1.82, 2.24) is 4.98 Å². The molecule has 2 N–H and O–H groups in total. The van der Waals surface area contributed by atoms with Crippen LogP contribution in [0.15, 0.2) is 12.3 Å². The maximum Gasteiger partial charge on any atom is 0.146 e. The third kappa shape index (κ3) is 2.50. The van der Waals surface area contributed by atoms with Crippen molar-refractivity contribution in [2.75, 3.05) is 23.7 Å². The fourth-order valence-corrected chi connectivity index (χ4v) is 2.41. The van der Waals surface area contributed by atoms with Gasteiger partial charge < -0.3 is 10.6 Å². The van der Waals surface area contributed by atoms with Crippen LogP contribution < -0.4 is 10.6 Å². The predicted molar refractivity (Wildman–Crippen MR) is 68.6 cm³/mol. The first-order chi connectivity index (χ1) is 8.02. The zero-order valence-electron chi connectivity index (χ0n) is 10.4. The maximum atomic E-state index is 9.13. The monoisotopic (exact) mass is 230 g/mol. The third-order valence-corrected chi connectivity index (χ3v) is 3.21. The van der Waals surface area contributed by atoms with Crippen LogP contribution in [0.1, 0.15) is 32.3 Å². The molecule has 0 unspecified atom stereocenters. The molecule has 1 aromatic heterocycles. The molecule has 0 atom stereocenters. The summed E-state index contributed by atoms with van der Waals surface area (Å²) in [6.45, 7) is 6.42. The predicted octanol–water partition coefficient (Wildman–Crippen LogP) is 2.16. The number of aromatic nitrogens is 1. The van der Waals surface area contributed by atoms with Crippen LogP contribution in [0.3, 0.4) is 0 Å². The standard InChI is InChI=1S/C13H18N4/c1-13(2)4-3-5-17(9-13)12-10(7-14)6-11(15)8-16-12/h6,8H,3-5,9,15H2,1-2H3. The zero-order valence-corrected chi connectivity index (χ0v) is 10.4. The molecule has 0 spiro atoms. The van der Waals surface area contributed by atoms with E-state index in [4.69, 9.17) is 11.0 Å². The van der Waals surface area contributed by atoms with Crippen molar-refractivity contribution < 1.29 is 0 Å². The van der Waals surface area contributed by atoms with Gasteiger partial charge in [0.1, 0.15) is 11.9 Å². The third-order valence-electron chi connectivity index (χ3n) is 3.21. The van der Waals surface area contributed by atoms with E-state index in [1.165, 1.54) is 6.42 Å². The number of nitrogens with zero attached hydrogens (tertiary/aromatic N) is 3. The van der Waals surface area contributed by atoms with Crippen molar-refractivity contribution in [2.24, 2.45) is 5.41 Å². The summed E-state index contributed by atoms with van der Waals surface area (Å²) in [5, 5.41) is 9.13. The van der Waals surface area contributed by atoms with Gasteiger partial charge in [0, 0.05) is 13.1 Å². The molecule has 0 saturated carbocycles. The van der Waals surface area contributed by atoms with Gasteiger partial charge in [0.2, 0.25) is 0 Å². The summed E-state index contributed by atoms with van der Waals surface area (Å²) in [6.07, 6.45) is 3.99. The SMILES string of the molecule is CC1(C)CCCN(c2ncc(N)cc2C#N)C1. The van der Waals surface area contributed by atoms with E-state index in [2.05, 4.69) is 29.8 Å². The van der Waals surface area contributed by atoms with Gasteiger partial charge in [-0.25, -0.2) is 4.98 Å². The summed E-state index contributed by atoms with van der Waals surface area (Å²) in [4.78, 5) is 6.51. The number of hydrogen-bond donors (Lipinski definition) is 1. The number of rotatable bonds is 1. The molecule has 0 amide bonds. The van der Waals surface area contributed by atoms with Crippen LogP contribution in [0.2, 0.25) is 0 Å². The van der Waals surface area contributed by atoms with Crippen LogP contribution in [0.4, 0.5) is 11.5 Å². The lowest BCUT2D eigenvalue weighted by Gasteiger charge is -2.39. The number of nitriles is 1. The Morgan fingerprint density at radius 1 is 1.53 bits per heavy atom. The first-order valence-corrected chi connectivity index (χ1v) is 5.92. The molecule has 0 aromatic carbocycles. The number of nitrogens with two attached hydrogens (primary N) is 1. The van der Waals surface area contributed by atoms with Crippen molar-refractivity contribution in [3.05, 3.63) is 17.8 Å². The minimum Gasteiger partial charge on any atom is -0.397 e. The molecule has 1 fully saturated rings. The average molecular weight is 230 g/mol. The van der Waals surface area contributed by atoms with Gasteiger partial charge in [-0.2, -0.15) is 5.26 Å². The van der Waals surface area contributed by atoms with E-state index in [0.717, 1.165) is 25.3 Å². The van der Waals surface area contributed by atoms with Crippen molar-refractivity contribution in [3.63, 3.8) is 0 Å². The average Bonchev–Trinajstić information content (AvgIpc) is 2.27. The highest BCUT2D eigenvalue weighted by Gasteiger charge is 2.28. The van der Waals surface area contributed by atoms with E-state index < -0.39 is 0 Å². The molecule has 1 saturated heterocycles. The second-order valence-electron chi connectivity index (χ2n) is 5.44. The Morgan fingerprint density at radius 2 is 2.29 bits per heavy atom. The Hall–Kier alpha value is -1.76. The van der Waals surface area contributed by atoms with E-state index in [9.17, 15) is 0 Å². The summed E-state index contributed by atoms with van der Waals surface area (Å²) in [6, 6.07) is 3.88. The highest BCUT2D eigenvalue weighted by Crippen LogP contribution is 2.32. The van der Waals surface area contributed by atoms with E-state index in [-0.39, 0.29) is 5.41 Å². The lowest BCUT2D eigenvalue weighted by Crippen LogP contribution is -2.40. The molecule has 1 aliphatic rings. The van der Waals surface area contributed by atoms with Crippen LogP contribution in [0.25, 0.3) is 0 Å². The normalized spacial score (nSPS) is 18.8. The van der Waals surface area contributed by atoms with E-state index >= 15 is 0 Å². The molecule has 4 nitrogen and oxygen atoms in total. The molecule has 17 heavy (non-hydrogen) atoms. The Labute approximate surface area is 102 Å². The Kier molecular flexibility index (Phi) is 2.93. The highest BCUT2D eigenvalue weighted by molar-refractivity contribution is 5.59. The fraction of sp³-hybridized carbons (Fsp3) is 0.538. The molecule has 0 radical (unpaired) electrons. The summed E-state index contributed by atoms with van der Waals surface area (Å²) in [5.74, 6) is 0.773. The zero-order chi connectivity index (χ0) is 12.5. The van der Waals surface area contributed by atoms with Crippen LogP contribution in [-0.4, -0.2) is 18.1 Å². The molecule has 4 heteroatoms. The molecular weight excluding hydrogens is 212 g/mol. The number of nitrogen functional groups attached to an aromatic ring is 1. The quantitative estimate of drug-likeness (QED) is 0.803. The topological polar surface area (TPSA) is 65.9 Å². The summed E-state index contributed by atoms with van der Waals surface area (Å²) in [7, 11) is 0. The van der Waals surface area contributed by atoms with Crippen molar-refractivity contribution >= 4 is 11.5 Å². The van der Waals surface area contributed by atoms with Gasteiger partial charge in [0.25, 0.3) is 0 Å². The second-order valence-corrected chi connectivity index (χ2v) is 5.44. The van der Waals surface area contributed by atoms with E-state index in [0.29, 0.717) is 11.3 Å². The van der Waals surface area contributed by atoms with Crippen molar-refractivity contribution in [1.29, 1.82) is 5.26 Å². The Balaban J connectivity index is 2.31. The number of piperidine rings is 1. The van der Waals surface area contributed by atoms with Gasteiger partial charge in [0.15, 0.2) is 0 Å². The lowest BCUT2D eigenvalue weighted by molar-refractivity contribution is 0.292. The van der Waals surface area contributed by atoms with Gasteiger partial charge in [-0.3, -0.25) is 0 Å². The molecular formula is C13H18N4. The fourth-order valence-electron chi connectivity index (χ4n) is 2.41. The minimum atomic E-state index is 0.286. The molecule has 2 heterocycles. The minimum absolute atomic E-state index is 0.286. The maximum absolute atomic E-state index is 9.13. The molecule has 1 aliphatic heterocycles. The van der Waals surface area contributed by atoms with Crippen molar-refractivity contribution in [3.8, 4) is 6.07 Å². The Morgan fingerprint density at radius 3 is 2.94 bits per heavy atom. The molecule has 0 aliphatic carbocycles. The molecule has 90 valence electrons. The highest BCUT2D eigenvalue weighted by atomic mass is 15.2. The van der Waals surface area contributed by atoms with Gasteiger partial charge in [-0.1, -0.05) is 13.8 Å². The lowest BCUT2D eigenvalue weighted by atomic mass is 9.84. The van der Waals surface area contributed by atoms with E-state index in [1.54, 1.807) is 12.3 Å². The first kappa shape index (κ1) is 11.7.